The number of aliphatic imine (C=N–C) groups is 1. The molecule has 9 heteroatoms. The van der Waals surface area contributed by atoms with Crippen LogP contribution in [0.4, 0.5) is 18.9 Å². The number of guanidine groups is 1. The van der Waals surface area contributed by atoms with Gasteiger partial charge in [0.2, 0.25) is 0 Å². The summed E-state index contributed by atoms with van der Waals surface area (Å²) in [6.07, 6.45) is -2.16. The van der Waals surface area contributed by atoms with Gasteiger partial charge in [-0.05, 0) is 50.6 Å². The third kappa shape index (κ3) is 6.25. The van der Waals surface area contributed by atoms with Crippen LogP contribution in [0.2, 0.25) is 0 Å². The van der Waals surface area contributed by atoms with Gasteiger partial charge in [0, 0.05) is 51.6 Å². The Morgan fingerprint density at radius 1 is 1.20 bits per heavy atom. The summed E-state index contributed by atoms with van der Waals surface area (Å²) in [6, 6.07) is 3.99. The monoisotopic (exact) mass is 427 g/mol. The lowest BCUT2D eigenvalue weighted by Gasteiger charge is -2.35. The molecule has 0 aromatic heterocycles. The molecule has 0 amide bonds. The molecular formula is C21H32F3N5O. The van der Waals surface area contributed by atoms with Crippen LogP contribution < -0.4 is 15.5 Å². The van der Waals surface area contributed by atoms with Crippen LogP contribution in [0.15, 0.2) is 23.2 Å². The molecule has 1 atom stereocenters. The number of likely N-dealkylation sites (N-methyl/N-ethyl adjacent to an activating group) is 1. The zero-order valence-electron chi connectivity index (χ0n) is 17.8. The number of ether oxygens (including phenoxy) is 1. The number of rotatable bonds is 6. The maximum Gasteiger partial charge on any atom is 0.416 e. The van der Waals surface area contributed by atoms with Gasteiger partial charge in [0.25, 0.3) is 0 Å². The Hall–Kier alpha value is -2.00. The third-order valence-corrected chi connectivity index (χ3v) is 5.52. The first-order valence-corrected chi connectivity index (χ1v) is 10.6. The van der Waals surface area contributed by atoms with Gasteiger partial charge in [0.05, 0.1) is 18.2 Å². The van der Waals surface area contributed by atoms with Gasteiger partial charge < -0.3 is 25.2 Å². The molecule has 0 bridgehead atoms. The quantitative estimate of drug-likeness (QED) is 0.540. The third-order valence-electron chi connectivity index (χ3n) is 5.52. The zero-order valence-corrected chi connectivity index (χ0v) is 17.8. The molecule has 168 valence electrons. The van der Waals surface area contributed by atoms with Gasteiger partial charge in [0.15, 0.2) is 5.96 Å². The summed E-state index contributed by atoms with van der Waals surface area (Å²) >= 11 is 0. The Morgan fingerprint density at radius 3 is 2.60 bits per heavy atom. The highest BCUT2D eigenvalue weighted by molar-refractivity contribution is 5.79. The number of nitrogens with one attached hydrogen (secondary N) is 2. The number of piperazine rings is 1. The van der Waals surface area contributed by atoms with E-state index >= 15 is 0 Å². The van der Waals surface area contributed by atoms with Gasteiger partial charge in [-0.1, -0.05) is 0 Å². The van der Waals surface area contributed by atoms with Crippen molar-refractivity contribution in [3.05, 3.63) is 29.3 Å². The lowest BCUT2D eigenvalue weighted by Crippen LogP contribution is -2.44. The standard InChI is InChI=1S/C21H32F3N5O/c1-3-25-20(27-15-18-5-4-12-30-18)26-14-16-13-17(21(22,23)24)6-7-19(16)29-10-8-28(2)9-11-29/h6-7,13,18H,3-5,8-12,14-15H2,1-2H3,(H2,25,26,27). The topological polar surface area (TPSA) is 52.1 Å². The number of alkyl halides is 3. The lowest BCUT2D eigenvalue weighted by atomic mass is 10.1. The Balaban J connectivity index is 1.78. The van der Waals surface area contributed by atoms with Crippen molar-refractivity contribution < 1.29 is 17.9 Å². The summed E-state index contributed by atoms with van der Waals surface area (Å²) in [6.45, 7) is 7.57. The molecule has 2 saturated heterocycles. The molecular weight excluding hydrogens is 395 g/mol. The minimum absolute atomic E-state index is 0.156. The molecule has 1 aromatic carbocycles. The molecule has 0 radical (unpaired) electrons. The predicted octanol–water partition coefficient (Wildman–Crippen LogP) is 2.69. The molecule has 0 saturated carbocycles. The van der Waals surface area contributed by atoms with E-state index in [4.69, 9.17) is 4.74 Å². The highest BCUT2D eigenvalue weighted by Gasteiger charge is 2.31. The van der Waals surface area contributed by atoms with Gasteiger partial charge in [-0.25, -0.2) is 4.99 Å². The van der Waals surface area contributed by atoms with Crippen molar-refractivity contribution in [2.24, 2.45) is 4.99 Å². The highest BCUT2D eigenvalue weighted by Crippen LogP contribution is 2.33. The molecule has 2 aliphatic rings. The zero-order chi connectivity index (χ0) is 21.6. The first-order valence-electron chi connectivity index (χ1n) is 10.6. The number of halogens is 3. The Bertz CT molecular complexity index is 711. The molecule has 2 heterocycles. The highest BCUT2D eigenvalue weighted by atomic mass is 19.4. The minimum Gasteiger partial charge on any atom is -0.376 e. The van der Waals surface area contributed by atoms with Crippen LogP contribution in [0.3, 0.4) is 0 Å². The second-order valence-electron chi connectivity index (χ2n) is 7.84. The fourth-order valence-electron chi connectivity index (χ4n) is 3.77. The Kier molecular flexibility index (Phi) is 7.82. The van der Waals surface area contributed by atoms with Gasteiger partial charge in [-0.3, -0.25) is 0 Å². The second kappa shape index (κ2) is 10.3. The van der Waals surface area contributed by atoms with Crippen LogP contribution in [-0.2, 0) is 17.5 Å². The minimum atomic E-state index is -4.37. The maximum absolute atomic E-state index is 13.3. The van der Waals surface area contributed by atoms with Crippen molar-refractivity contribution in [3.8, 4) is 0 Å². The van der Waals surface area contributed by atoms with Crippen LogP contribution in [0.25, 0.3) is 0 Å². The van der Waals surface area contributed by atoms with Crippen molar-refractivity contribution >= 4 is 11.6 Å². The first-order chi connectivity index (χ1) is 14.4. The predicted molar refractivity (Wildman–Crippen MR) is 113 cm³/mol. The molecule has 1 aromatic rings. The van der Waals surface area contributed by atoms with Gasteiger partial charge in [-0.15, -0.1) is 0 Å². The summed E-state index contributed by atoms with van der Waals surface area (Å²) in [5, 5.41) is 6.42. The van der Waals surface area contributed by atoms with E-state index in [2.05, 4.69) is 32.5 Å². The summed E-state index contributed by atoms with van der Waals surface area (Å²) in [4.78, 5) is 8.94. The number of anilines is 1. The number of hydrogen-bond donors (Lipinski definition) is 2. The van der Waals surface area contributed by atoms with E-state index in [0.717, 1.165) is 51.3 Å². The molecule has 0 aliphatic carbocycles. The average molecular weight is 428 g/mol. The van der Waals surface area contributed by atoms with Crippen molar-refractivity contribution in [3.63, 3.8) is 0 Å². The maximum atomic E-state index is 13.3. The lowest BCUT2D eigenvalue weighted by molar-refractivity contribution is -0.137. The van der Waals surface area contributed by atoms with Crippen LogP contribution in [0, 0.1) is 0 Å². The van der Waals surface area contributed by atoms with E-state index in [0.29, 0.717) is 24.6 Å². The second-order valence-corrected chi connectivity index (χ2v) is 7.84. The molecule has 0 spiro atoms. The summed E-state index contributed by atoms with van der Waals surface area (Å²) in [5.74, 6) is 0.592. The van der Waals surface area contributed by atoms with Gasteiger partial charge >= 0.3 is 6.18 Å². The largest absolute Gasteiger partial charge is 0.416 e. The SMILES string of the molecule is CCNC(=NCc1cc(C(F)(F)F)ccc1N1CCN(C)CC1)NCC1CCCO1. The van der Waals surface area contributed by atoms with Crippen LogP contribution in [-0.4, -0.2) is 69.9 Å². The van der Waals surface area contributed by atoms with Crippen LogP contribution in [0.1, 0.15) is 30.9 Å². The smallest absolute Gasteiger partial charge is 0.376 e. The Labute approximate surface area is 176 Å². The molecule has 1 unspecified atom stereocenters. The summed E-state index contributed by atoms with van der Waals surface area (Å²) in [7, 11) is 2.05. The fraction of sp³-hybridized carbons (Fsp3) is 0.667. The normalized spacial score (nSPS) is 21.2. The number of benzene rings is 1. The molecule has 2 aliphatic heterocycles. The fourth-order valence-corrected chi connectivity index (χ4v) is 3.77. The molecule has 2 fully saturated rings. The van der Waals surface area contributed by atoms with Gasteiger partial charge in [0.1, 0.15) is 0 Å². The average Bonchev–Trinajstić information content (AvgIpc) is 3.23. The van der Waals surface area contributed by atoms with Crippen molar-refractivity contribution in [2.75, 3.05) is 57.8 Å². The van der Waals surface area contributed by atoms with Gasteiger partial charge in [-0.2, -0.15) is 13.2 Å². The summed E-state index contributed by atoms with van der Waals surface area (Å²) < 4.78 is 45.6. The van der Waals surface area contributed by atoms with Crippen molar-refractivity contribution in [1.82, 2.24) is 15.5 Å². The van der Waals surface area contributed by atoms with E-state index in [1.54, 1.807) is 6.07 Å². The van der Waals surface area contributed by atoms with E-state index < -0.39 is 11.7 Å². The summed E-state index contributed by atoms with van der Waals surface area (Å²) in [5.41, 5.74) is 0.779. The van der Waals surface area contributed by atoms with E-state index in [-0.39, 0.29) is 12.6 Å². The number of nitrogens with zero attached hydrogens (tertiary/aromatic N) is 3. The van der Waals surface area contributed by atoms with E-state index in [1.165, 1.54) is 12.1 Å². The molecule has 3 rings (SSSR count). The number of hydrogen-bond acceptors (Lipinski definition) is 4. The van der Waals surface area contributed by atoms with Crippen molar-refractivity contribution in [1.29, 1.82) is 0 Å². The Morgan fingerprint density at radius 2 is 1.97 bits per heavy atom. The van der Waals surface area contributed by atoms with E-state index in [1.807, 2.05) is 6.92 Å². The van der Waals surface area contributed by atoms with Crippen LogP contribution >= 0.6 is 0 Å². The van der Waals surface area contributed by atoms with Crippen LogP contribution in [0.5, 0.6) is 0 Å². The molecule has 30 heavy (non-hydrogen) atoms. The van der Waals surface area contributed by atoms with E-state index in [9.17, 15) is 13.2 Å². The first kappa shape index (κ1) is 22.7. The molecule has 2 N–H and O–H groups in total. The van der Waals surface area contributed by atoms with Crippen molar-refractivity contribution in [2.45, 2.75) is 38.6 Å². The molecule has 6 nitrogen and oxygen atoms in total.